The van der Waals surface area contributed by atoms with Crippen molar-refractivity contribution >= 4 is 23.0 Å². The molecule has 2 aromatic carbocycles. The average Bonchev–Trinajstić information content (AvgIpc) is 2.58. The van der Waals surface area contributed by atoms with Crippen LogP contribution in [0.4, 0.5) is 4.79 Å². The minimum atomic E-state index is -0.905. The van der Waals surface area contributed by atoms with Gasteiger partial charge >= 0.3 is 11.3 Å². The monoisotopic (exact) mass is 330 g/mol. The molecule has 0 radical (unpaired) electrons. The molecule has 120 valence electrons. The number of carboxylic acid groups (broad SMARTS) is 1. The molecule has 0 spiro atoms. The first-order valence-corrected chi connectivity index (χ1v) is 8.24. The van der Waals surface area contributed by atoms with Gasteiger partial charge in [-0.1, -0.05) is 60.7 Å². The summed E-state index contributed by atoms with van der Waals surface area (Å²) in [5, 5.41) is 8.84. The van der Waals surface area contributed by atoms with Crippen molar-refractivity contribution in [3.8, 4) is 0 Å². The number of ether oxygens (including phenoxy) is 1. The van der Waals surface area contributed by atoms with Crippen LogP contribution in [0.5, 0.6) is 0 Å². The highest BCUT2D eigenvalue weighted by atomic mass is 32.2. The maximum Gasteiger partial charge on any atom is 0.367 e. The standard InChI is InChI=1S/C18H18O4S/c19-17(20)16(11-14-7-3-1-4-8-14)13-23-18(21)22-12-15-9-5-2-6-10-15/h1-10,16H,11-13H2,(H,19,20). The van der Waals surface area contributed by atoms with Crippen LogP contribution < -0.4 is 0 Å². The zero-order valence-electron chi connectivity index (χ0n) is 12.6. The number of thioether (sulfide) groups is 1. The van der Waals surface area contributed by atoms with Crippen molar-refractivity contribution in [2.75, 3.05) is 5.75 Å². The van der Waals surface area contributed by atoms with E-state index in [0.717, 1.165) is 22.9 Å². The van der Waals surface area contributed by atoms with E-state index >= 15 is 0 Å². The van der Waals surface area contributed by atoms with E-state index in [1.54, 1.807) is 0 Å². The fraction of sp³-hybridized carbons (Fsp3) is 0.222. The predicted octanol–water partition coefficient (Wildman–Crippen LogP) is 4.00. The van der Waals surface area contributed by atoms with Crippen LogP contribution in [0.15, 0.2) is 60.7 Å². The van der Waals surface area contributed by atoms with Crippen LogP contribution in [0.2, 0.25) is 0 Å². The Morgan fingerprint density at radius 1 is 0.957 bits per heavy atom. The molecular formula is C18H18O4S. The Bertz CT molecular complexity index is 628. The maximum absolute atomic E-state index is 11.7. The van der Waals surface area contributed by atoms with E-state index in [4.69, 9.17) is 4.74 Å². The van der Waals surface area contributed by atoms with E-state index in [2.05, 4.69) is 0 Å². The van der Waals surface area contributed by atoms with Gasteiger partial charge in [0.2, 0.25) is 0 Å². The smallest absolute Gasteiger partial charge is 0.367 e. The Hall–Kier alpha value is -2.27. The molecule has 0 saturated carbocycles. The van der Waals surface area contributed by atoms with Crippen LogP contribution in [0.1, 0.15) is 11.1 Å². The Morgan fingerprint density at radius 3 is 2.09 bits per heavy atom. The van der Waals surface area contributed by atoms with Crippen LogP contribution in [0.3, 0.4) is 0 Å². The second kappa shape index (κ2) is 9.00. The summed E-state index contributed by atoms with van der Waals surface area (Å²) in [6.07, 6.45) is 0.398. The first kappa shape index (κ1) is 17.1. The van der Waals surface area contributed by atoms with Gasteiger partial charge in [0.25, 0.3) is 0 Å². The van der Waals surface area contributed by atoms with Gasteiger partial charge in [-0.2, -0.15) is 0 Å². The lowest BCUT2D eigenvalue weighted by molar-refractivity contribution is -0.140. The van der Waals surface area contributed by atoms with Crippen LogP contribution >= 0.6 is 11.8 Å². The first-order chi connectivity index (χ1) is 11.1. The van der Waals surface area contributed by atoms with Gasteiger partial charge in [-0.25, -0.2) is 4.79 Å². The molecule has 1 atom stereocenters. The maximum atomic E-state index is 11.7. The number of carbonyl (C=O) groups is 2. The number of benzene rings is 2. The van der Waals surface area contributed by atoms with Crippen molar-refractivity contribution in [3.63, 3.8) is 0 Å². The lowest BCUT2D eigenvalue weighted by Gasteiger charge is -2.11. The summed E-state index contributed by atoms with van der Waals surface area (Å²) in [6, 6.07) is 18.8. The Labute approximate surface area is 139 Å². The van der Waals surface area contributed by atoms with Gasteiger partial charge in [0.1, 0.15) is 6.61 Å². The molecule has 0 aliphatic carbocycles. The molecule has 23 heavy (non-hydrogen) atoms. The minimum absolute atomic E-state index is 0.192. The zero-order chi connectivity index (χ0) is 16.5. The lowest BCUT2D eigenvalue weighted by atomic mass is 10.0. The second-order valence-corrected chi connectivity index (χ2v) is 6.02. The van der Waals surface area contributed by atoms with Gasteiger partial charge < -0.3 is 9.84 Å². The zero-order valence-corrected chi connectivity index (χ0v) is 13.4. The fourth-order valence-corrected chi connectivity index (χ4v) is 2.78. The average molecular weight is 330 g/mol. The molecule has 0 heterocycles. The molecule has 5 heteroatoms. The molecule has 2 rings (SSSR count). The van der Waals surface area contributed by atoms with Crippen LogP contribution in [0.25, 0.3) is 0 Å². The number of carbonyl (C=O) groups excluding carboxylic acids is 1. The molecule has 1 N–H and O–H groups in total. The van der Waals surface area contributed by atoms with Crippen LogP contribution in [0, 0.1) is 5.92 Å². The van der Waals surface area contributed by atoms with Crippen molar-refractivity contribution in [3.05, 3.63) is 71.8 Å². The van der Waals surface area contributed by atoms with Crippen molar-refractivity contribution in [2.45, 2.75) is 13.0 Å². The lowest BCUT2D eigenvalue weighted by Crippen LogP contribution is -2.20. The minimum Gasteiger partial charge on any atom is -0.481 e. The Balaban J connectivity index is 1.79. The highest BCUT2D eigenvalue weighted by molar-refractivity contribution is 8.13. The van der Waals surface area contributed by atoms with Gasteiger partial charge in [0, 0.05) is 5.75 Å². The van der Waals surface area contributed by atoms with E-state index in [0.29, 0.717) is 6.42 Å². The molecule has 0 aliphatic rings. The molecule has 0 saturated heterocycles. The summed E-state index contributed by atoms with van der Waals surface area (Å²) in [7, 11) is 0. The summed E-state index contributed by atoms with van der Waals surface area (Å²) in [6.45, 7) is 0.198. The number of rotatable bonds is 7. The molecule has 4 nitrogen and oxygen atoms in total. The van der Waals surface area contributed by atoms with E-state index in [9.17, 15) is 14.7 Å². The van der Waals surface area contributed by atoms with E-state index in [-0.39, 0.29) is 12.4 Å². The molecule has 0 aromatic heterocycles. The third kappa shape index (κ3) is 6.16. The summed E-state index contributed by atoms with van der Waals surface area (Å²) in [5.41, 5.74) is 1.85. The van der Waals surface area contributed by atoms with E-state index < -0.39 is 17.2 Å². The van der Waals surface area contributed by atoms with Crippen molar-refractivity contribution in [1.29, 1.82) is 0 Å². The predicted molar refractivity (Wildman–Crippen MR) is 90.4 cm³/mol. The molecule has 0 amide bonds. The molecular weight excluding hydrogens is 312 g/mol. The largest absolute Gasteiger partial charge is 0.481 e. The second-order valence-electron chi connectivity index (χ2n) is 5.06. The molecule has 2 aromatic rings. The summed E-state index contributed by atoms with van der Waals surface area (Å²) in [5.74, 6) is -1.33. The van der Waals surface area contributed by atoms with Crippen molar-refractivity contribution in [1.82, 2.24) is 0 Å². The molecule has 0 fully saturated rings. The van der Waals surface area contributed by atoms with Crippen LogP contribution in [-0.2, 0) is 22.6 Å². The number of aliphatic carboxylic acids is 1. The third-order valence-electron chi connectivity index (χ3n) is 3.28. The molecule has 0 aliphatic heterocycles. The quantitative estimate of drug-likeness (QED) is 0.777. The first-order valence-electron chi connectivity index (χ1n) is 7.25. The Morgan fingerprint density at radius 2 is 1.52 bits per heavy atom. The molecule has 1 unspecified atom stereocenters. The van der Waals surface area contributed by atoms with Gasteiger partial charge in [0.15, 0.2) is 0 Å². The summed E-state index contributed by atoms with van der Waals surface area (Å²) in [4.78, 5) is 23.1. The summed E-state index contributed by atoms with van der Waals surface area (Å²) >= 11 is 0.909. The van der Waals surface area contributed by atoms with Gasteiger partial charge in [-0.05, 0) is 29.3 Å². The number of hydrogen-bond donors (Lipinski definition) is 1. The van der Waals surface area contributed by atoms with Gasteiger partial charge in [0.05, 0.1) is 5.92 Å². The molecule has 0 bridgehead atoms. The van der Waals surface area contributed by atoms with Crippen LogP contribution in [-0.4, -0.2) is 22.1 Å². The fourth-order valence-electron chi connectivity index (χ4n) is 2.04. The third-order valence-corrected chi connectivity index (χ3v) is 4.20. The van der Waals surface area contributed by atoms with Crippen molar-refractivity contribution < 1.29 is 19.4 Å². The summed E-state index contributed by atoms with van der Waals surface area (Å²) < 4.78 is 5.14. The van der Waals surface area contributed by atoms with Gasteiger partial charge in [-0.3, -0.25) is 4.79 Å². The highest BCUT2D eigenvalue weighted by Gasteiger charge is 2.20. The van der Waals surface area contributed by atoms with E-state index in [1.165, 1.54) is 0 Å². The van der Waals surface area contributed by atoms with Gasteiger partial charge in [-0.15, -0.1) is 0 Å². The number of hydrogen-bond acceptors (Lipinski definition) is 4. The highest BCUT2D eigenvalue weighted by Crippen LogP contribution is 2.17. The van der Waals surface area contributed by atoms with E-state index in [1.807, 2.05) is 60.7 Å². The van der Waals surface area contributed by atoms with Crippen molar-refractivity contribution in [2.24, 2.45) is 5.92 Å². The SMILES string of the molecule is O=C(OCc1ccccc1)SCC(Cc1ccccc1)C(=O)O. The number of carboxylic acids is 1. The topological polar surface area (TPSA) is 63.6 Å². The Kier molecular flexibility index (Phi) is 6.69. The normalized spacial score (nSPS) is 11.7.